The zero-order valence-corrected chi connectivity index (χ0v) is 9.76. The van der Waals surface area contributed by atoms with Gasteiger partial charge in [0.05, 0.1) is 0 Å². The Hall–Kier alpha value is -1.69. The largest absolute Gasteiger partial charge is 0.332 e. The van der Waals surface area contributed by atoms with Crippen LogP contribution in [-0.4, -0.2) is 33.0 Å². The van der Waals surface area contributed by atoms with Gasteiger partial charge in [0.25, 0.3) is 5.89 Å². The SMILES string of the molecule is Cn1ccc(-c2nc(C3CCNCC3)no2)n1. The number of rotatable bonds is 2. The second kappa shape index (κ2) is 4.29. The van der Waals surface area contributed by atoms with Crippen molar-refractivity contribution in [3.8, 4) is 11.6 Å². The highest BCUT2D eigenvalue weighted by Crippen LogP contribution is 2.24. The molecule has 0 unspecified atom stereocenters. The van der Waals surface area contributed by atoms with Gasteiger partial charge in [-0.25, -0.2) is 0 Å². The summed E-state index contributed by atoms with van der Waals surface area (Å²) in [6.45, 7) is 2.05. The number of piperidine rings is 1. The van der Waals surface area contributed by atoms with Crippen LogP contribution in [0.5, 0.6) is 0 Å². The smallest absolute Gasteiger partial charge is 0.278 e. The van der Waals surface area contributed by atoms with Crippen LogP contribution in [0.1, 0.15) is 24.6 Å². The van der Waals surface area contributed by atoms with Crippen molar-refractivity contribution in [2.45, 2.75) is 18.8 Å². The monoisotopic (exact) mass is 233 g/mol. The minimum Gasteiger partial charge on any atom is -0.332 e. The summed E-state index contributed by atoms with van der Waals surface area (Å²) in [6, 6.07) is 1.87. The van der Waals surface area contributed by atoms with Crippen molar-refractivity contribution >= 4 is 0 Å². The van der Waals surface area contributed by atoms with E-state index in [1.54, 1.807) is 4.68 Å². The fourth-order valence-electron chi connectivity index (χ4n) is 2.11. The summed E-state index contributed by atoms with van der Waals surface area (Å²) in [5.74, 6) is 1.74. The molecule has 0 aromatic carbocycles. The van der Waals surface area contributed by atoms with Gasteiger partial charge in [-0.1, -0.05) is 5.16 Å². The van der Waals surface area contributed by atoms with Gasteiger partial charge in [-0.15, -0.1) is 0 Å². The molecule has 1 saturated heterocycles. The Morgan fingerprint density at radius 3 is 2.94 bits per heavy atom. The third-order valence-electron chi connectivity index (χ3n) is 3.08. The van der Waals surface area contributed by atoms with Crippen molar-refractivity contribution in [3.63, 3.8) is 0 Å². The number of nitrogens with one attached hydrogen (secondary N) is 1. The van der Waals surface area contributed by atoms with E-state index in [1.807, 2.05) is 19.3 Å². The third-order valence-corrected chi connectivity index (χ3v) is 3.08. The van der Waals surface area contributed by atoms with Gasteiger partial charge in [0, 0.05) is 19.2 Å². The summed E-state index contributed by atoms with van der Waals surface area (Å²) in [5.41, 5.74) is 0.736. The molecule has 17 heavy (non-hydrogen) atoms. The molecule has 0 amide bonds. The minimum absolute atomic E-state index is 0.414. The third kappa shape index (κ3) is 2.08. The highest BCUT2D eigenvalue weighted by molar-refractivity contribution is 5.44. The molecule has 6 heteroatoms. The molecule has 0 atom stereocenters. The molecule has 0 bridgehead atoms. The highest BCUT2D eigenvalue weighted by Gasteiger charge is 2.21. The molecule has 6 nitrogen and oxygen atoms in total. The van der Waals surface area contributed by atoms with Crippen molar-refractivity contribution < 1.29 is 4.52 Å². The zero-order chi connectivity index (χ0) is 11.7. The summed E-state index contributed by atoms with van der Waals surface area (Å²) in [4.78, 5) is 4.44. The first-order chi connectivity index (χ1) is 8.33. The van der Waals surface area contributed by atoms with E-state index in [0.717, 1.165) is 37.4 Å². The summed E-state index contributed by atoms with van der Waals surface area (Å²) in [7, 11) is 1.87. The normalized spacial score (nSPS) is 17.5. The Balaban J connectivity index is 1.82. The van der Waals surface area contributed by atoms with E-state index in [9.17, 15) is 0 Å². The van der Waals surface area contributed by atoms with Gasteiger partial charge >= 0.3 is 0 Å². The summed E-state index contributed by atoms with van der Waals surface area (Å²) in [6.07, 6.45) is 4.01. The molecular formula is C11H15N5O. The maximum atomic E-state index is 5.26. The molecule has 1 aliphatic heterocycles. The van der Waals surface area contributed by atoms with E-state index in [0.29, 0.717) is 11.8 Å². The second-order valence-electron chi connectivity index (χ2n) is 4.36. The van der Waals surface area contributed by atoms with E-state index in [4.69, 9.17) is 4.52 Å². The molecule has 0 aliphatic carbocycles. The lowest BCUT2D eigenvalue weighted by Crippen LogP contribution is -2.27. The van der Waals surface area contributed by atoms with Crippen LogP contribution in [0, 0.1) is 0 Å². The molecule has 0 saturated carbocycles. The van der Waals surface area contributed by atoms with Gasteiger partial charge in [-0.3, -0.25) is 4.68 Å². The van der Waals surface area contributed by atoms with Crippen LogP contribution in [0.2, 0.25) is 0 Å². The summed E-state index contributed by atoms with van der Waals surface area (Å²) < 4.78 is 6.99. The Kier molecular flexibility index (Phi) is 2.64. The first-order valence-electron chi connectivity index (χ1n) is 5.87. The molecule has 2 aromatic rings. The predicted octanol–water partition coefficient (Wildman–Crippen LogP) is 0.937. The first kappa shape index (κ1) is 10.5. The topological polar surface area (TPSA) is 68.8 Å². The van der Waals surface area contributed by atoms with E-state index in [-0.39, 0.29) is 0 Å². The van der Waals surface area contributed by atoms with Gasteiger partial charge < -0.3 is 9.84 Å². The lowest BCUT2D eigenvalue weighted by atomic mass is 9.98. The quantitative estimate of drug-likeness (QED) is 0.836. The van der Waals surface area contributed by atoms with Crippen molar-refractivity contribution in [2.24, 2.45) is 7.05 Å². The fraction of sp³-hybridized carbons (Fsp3) is 0.545. The number of hydrogen-bond donors (Lipinski definition) is 1. The van der Waals surface area contributed by atoms with Crippen molar-refractivity contribution in [2.75, 3.05) is 13.1 Å². The summed E-state index contributed by atoms with van der Waals surface area (Å²) in [5, 5.41) is 11.6. The molecule has 1 fully saturated rings. The second-order valence-corrected chi connectivity index (χ2v) is 4.36. The Bertz CT molecular complexity index is 497. The average Bonchev–Trinajstić information content (AvgIpc) is 2.98. The molecule has 0 spiro atoms. The van der Waals surface area contributed by atoms with E-state index in [1.165, 1.54) is 0 Å². The minimum atomic E-state index is 0.414. The van der Waals surface area contributed by atoms with E-state index in [2.05, 4.69) is 20.6 Å². The van der Waals surface area contributed by atoms with Crippen LogP contribution in [0.25, 0.3) is 11.6 Å². The van der Waals surface area contributed by atoms with Crippen LogP contribution in [0.15, 0.2) is 16.8 Å². The molecule has 3 rings (SSSR count). The van der Waals surface area contributed by atoms with Crippen LogP contribution >= 0.6 is 0 Å². The fourth-order valence-corrected chi connectivity index (χ4v) is 2.11. The highest BCUT2D eigenvalue weighted by atomic mass is 16.5. The van der Waals surface area contributed by atoms with Gasteiger partial charge in [-0.2, -0.15) is 10.1 Å². The van der Waals surface area contributed by atoms with E-state index >= 15 is 0 Å². The van der Waals surface area contributed by atoms with Crippen molar-refractivity contribution in [1.82, 2.24) is 25.2 Å². The lowest BCUT2D eigenvalue weighted by Gasteiger charge is -2.18. The number of aromatic nitrogens is 4. The number of nitrogens with zero attached hydrogens (tertiary/aromatic N) is 4. The summed E-state index contributed by atoms with van der Waals surface area (Å²) >= 11 is 0. The molecular weight excluding hydrogens is 218 g/mol. The zero-order valence-electron chi connectivity index (χ0n) is 9.76. The van der Waals surface area contributed by atoms with Crippen LogP contribution in [0.3, 0.4) is 0 Å². The Labute approximate surface area is 99.0 Å². The van der Waals surface area contributed by atoms with E-state index < -0.39 is 0 Å². The van der Waals surface area contributed by atoms with Gasteiger partial charge in [0.2, 0.25) is 0 Å². The average molecular weight is 233 g/mol. The van der Waals surface area contributed by atoms with Gasteiger partial charge in [-0.05, 0) is 32.0 Å². The predicted molar refractivity (Wildman–Crippen MR) is 61.3 cm³/mol. The van der Waals surface area contributed by atoms with Crippen molar-refractivity contribution in [1.29, 1.82) is 0 Å². The van der Waals surface area contributed by atoms with Gasteiger partial charge in [0.15, 0.2) is 11.5 Å². The van der Waals surface area contributed by atoms with Crippen LogP contribution < -0.4 is 5.32 Å². The van der Waals surface area contributed by atoms with Crippen LogP contribution in [-0.2, 0) is 7.05 Å². The van der Waals surface area contributed by atoms with Crippen LogP contribution in [0.4, 0.5) is 0 Å². The molecule has 90 valence electrons. The molecule has 1 aliphatic rings. The molecule has 2 aromatic heterocycles. The molecule has 1 N–H and O–H groups in total. The lowest BCUT2D eigenvalue weighted by molar-refractivity contribution is 0.391. The first-order valence-corrected chi connectivity index (χ1v) is 5.87. The molecule has 3 heterocycles. The Morgan fingerprint density at radius 2 is 2.24 bits per heavy atom. The maximum absolute atomic E-state index is 5.26. The van der Waals surface area contributed by atoms with Gasteiger partial charge in [0.1, 0.15) is 0 Å². The number of aryl methyl sites for hydroxylation is 1. The number of hydrogen-bond acceptors (Lipinski definition) is 5. The molecule has 0 radical (unpaired) electrons. The maximum Gasteiger partial charge on any atom is 0.278 e. The Morgan fingerprint density at radius 1 is 1.41 bits per heavy atom. The van der Waals surface area contributed by atoms with Crippen molar-refractivity contribution in [3.05, 3.63) is 18.1 Å². The standard InChI is InChI=1S/C11H15N5O/c1-16-7-4-9(14-16)11-13-10(15-17-11)8-2-5-12-6-3-8/h4,7-8,12H,2-3,5-6H2,1H3.